The SMILES string of the molecule is CCC(C)NC(C(=O)O)c1ccc(F)cc1. The van der Waals surface area contributed by atoms with Gasteiger partial charge in [-0.05, 0) is 31.0 Å². The minimum Gasteiger partial charge on any atom is -0.480 e. The Labute approximate surface area is 94.3 Å². The second-order valence-corrected chi connectivity index (χ2v) is 3.80. The number of hydrogen-bond donors (Lipinski definition) is 2. The second-order valence-electron chi connectivity index (χ2n) is 3.80. The molecule has 2 atom stereocenters. The van der Waals surface area contributed by atoms with Gasteiger partial charge in [-0.2, -0.15) is 0 Å². The number of nitrogens with one attached hydrogen (secondary N) is 1. The quantitative estimate of drug-likeness (QED) is 0.808. The third kappa shape index (κ3) is 3.31. The molecule has 0 radical (unpaired) electrons. The van der Waals surface area contributed by atoms with Gasteiger partial charge < -0.3 is 5.11 Å². The van der Waals surface area contributed by atoms with E-state index in [2.05, 4.69) is 5.32 Å². The van der Waals surface area contributed by atoms with Crippen molar-refractivity contribution in [3.05, 3.63) is 35.6 Å². The highest BCUT2D eigenvalue weighted by Crippen LogP contribution is 2.15. The van der Waals surface area contributed by atoms with E-state index in [1.165, 1.54) is 24.3 Å². The number of carbonyl (C=O) groups is 1. The molecule has 4 heteroatoms. The van der Waals surface area contributed by atoms with Gasteiger partial charge in [0, 0.05) is 6.04 Å². The van der Waals surface area contributed by atoms with Crippen LogP contribution in [0.15, 0.2) is 24.3 Å². The van der Waals surface area contributed by atoms with Gasteiger partial charge in [0.2, 0.25) is 0 Å². The minimum absolute atomic E-state index is 0.103. The summed E-state index contributed by atoms with van der Waals surface area (Å²) in [6.45, 7) is 3.89. The molecular weight excluding hydrogens is 209 g/mol. The lowest BCUT2D eigenvalue weighted by atomic mass is 10.1. The van der Waals surface area contributed by atoms with E-state index >= 15 is 0 Å². The molecule has 1 rings (SSSR count). The highest BCUT2D eigenvalue weighted by atomic mass is 19.1. The Morgan fingerprint density at radius 3 is 2.44 bits per heavy atom. The summed E-state index contributed by atoms with van der Waals surface area (Å²) in [5.41, 5.74) is 0.564. The molecule has 3 nitrogen and oxygen atoms in total. The first-order valence-electron chi connectivity index (χ1n) is 5.29. The topological polar surface area (TPSA) is 49.3 Å². The fraction of sp³-hybridized carbons (Fsp3) is 0.417. The molecule has 0 fully saturated rings. The first kappa shape index (κ1) is 12.6. The van der Waals surface area contributed by atoms with Crippen LogP contribution >= 0.6 is 0 Å². The van der Waals surface area contributed by atoms with Crippen LogP contribution in [0.1, 0.15) is 31.9 Å². The van der Waals surface area contributed by atoms with Crippen molar-refractivity contribution >= 4 is 5.97 Å². The lowest BCUT2D eigenvalue weighted by Crippen LogP contribution is -2.34. The Morgan fingerprint density at radius 1 is 1.44 bits per heavy atom. The predicted molar refractivity (Wildman–Crippen MR) is 59.7 cm³/mol. The molecular formula is C12H16FNO2. The van der Waals surface area contributed by atoms with E-state index in [0.29, 0.717) is 5.56 Å². The summed E-state index contributed by atoms with van der Waals surface area (Å²) in [5, 5.41) is 12.1. The number of hydrogen-bond acceptors (Lipinski definition) is 2. The first-order chi connectivity index (χ1) is 7.54. The first-order valence-corrected chi connectivity index (χ1v) is 5.29. The van der Waals surface area contributed by atoms with Crippen molar-refractivity contribution in [3.8, 4) is 0 Å². The Balaban J connectivity index is 2.85. The second kappa shape index (κ2) is 5.61. The van der Waals surface area contributed by atoms with Gasteiger partial charge in [-0.25, -0.2) is 4.39 Å². The molecule has 0 saturated heterocycles. The van der Waals surface area contributed by atoms with E-state index in [0.717, 1.165) is 6.42 Å². The number of rotatable bonds is 5. The Bertz CT molecular complexity index is 351. The monoisotopic (exact) mass is 225 g/mol. The lowest BCUT2D eigenvalue weighted by molar-refractivity contribution is -0.139. The number of benzene rings is 1. The third-order valence-electron chi connectivity index (χ3n) is 2.51. The molecule has 0 aliphatic carbocycles. The summed E-state index contributed by atoms with van der Waals surface area (Å²) in [4.78, 5) is 11.1. The summed E-state index contributed by atoms with van der Waals surface area (Å²) in [6, 6.07) is 4.84. The zero-order valence-electron chi connectivity index (χ0n) is 9.40. The molecule has 0 amide bonds. The van der Waals surface area contributed by atoms with Crippen molar-refractivity contribution in [2.75, 3.05) is 0 Å². The van der Waals surface area contributed by atoms with Crippen molar-refractivity contribution in [1.29, 1.82) is 0 Å². The van der Waals surface area contributed by atoms with Crippen molar-refractivity contribution < 1.29 is 14.3 Å². The number of aliphatic carboxylic acids is 1. The van der Waals surface area contributed by atoms with Gasteiger partial charge in [-0.15, -0.1) is 0 Å². The van der Waals surface area contributed by atoms with Crippen LogP contribution in [0.4, 0.5) is 4.39 Å². The van der Waals surface area contributed by atoms with Crippen LogP contribution in [0, 0.1) is 5.82 Å². The minimum atomic E-state index is -0.952. The fourth-order valence-electron chi connectivity index (χ4n) is 1.37. The highest BCUT2D eigenvalue weighted by Gasteiger charge is 2.20. The molecule has 2 unspecified atom stereocenters. The molecule has 1 aromatic carbocycles. The van der Waals surface area contributed by atoms with Gasteiger partial charge in [0.05, 0.1) is 0 Å². The fourth-order valence-corrected chi connectivity index (χ4v) is 1.37. The number of halogens is 1. The summed E-state index contributed by atoms with van der Waals surface area (Å²) in [7, 11) is 0. The zero-order valence-corrected chi connectivity index (χ0v) is 9.40. The average Bonchev–Trinajstić information content (AvgIpc) is 2.26. The maximum Gasteiger partial charge on any atom is 0.325 e. The molecule has 0 aliphatic rings. The third-order valence-corrected chi connectivity index (χ3v) is 2.51. The van der Waals surface area contributed by atoms with Gasteiger partial charge >= 0.3 is 5.97 Å². The molecule has 0 bridgehead atoms. The molecule has 0 aliphatic heterocycles. The Hall–Kier alpha value is -1.42. The smallest absolute Gasteiger partial charge is 0.325 e. The largest absolute Gasteiger partial charge is 0.480 e. The van der Waals surface area contributed by atoms with Crippen LogP contribution in [-0.4, -0.2) is 17.1 Å². The van der Waals surface area contributed by atoms with Crippen molar-refractivity contribution in [1.82, 2.24) is 5.32 Å². The molecule has 16 heavy (non-hydrogen) atoms. The van der Waals surface area contributed by atoms with Gasteiger partial charge in [-0.3, -0.25) is 10.1 Å². The Morgan fingerprint density at radius 2 is 2.00 bits per heavy atom. The van der Waals surface area contributed by atoms with E-state index in [1.54, 1.807) is 0 Å². The van der Waals surface area contributed by atoms with E-state index < -0.39 is 12.0 Å². The maximum absolute atomic E-state index is 12.7. The van der Waals surface area contributed by atoms with Crippen LogP contribution in [0.5, 0.6) is 0 Å². The van der Waals surface area contributed by atoms with E-state index in [9.17, 15) is 9.18 Å². The van der Waals surface area contributed by atoms with Crippen LogP contribution in [-0.2, 0) is 4.79 Å². The summed E-state index contributed by atoms with van der Waals surface area (Å²) < 4.78 is 12.7. The van der Waals surface area contributed by atoms with Gasteiger partial charge in [0.15, 0.2) is 0 Å². The maximum atomic E-state index is 12.7. The standard InChI is InChI=1S/C12H16FNO2/c1-3-8(2)14-11(12(15)16)9-4-6-10(13)7-5-9/h4-8,11,14H,3H2,1-2H3,(H,15,16). The molecule has 0 saturated carbocycles. The molecule has 2 N–H and O–H groups in total. The summed E-state index contributed by atoms with van der Waals surface area (Å²) in [5.74, 6) is -1.32. The van der Waals surface area contributed by atoms with Crippen LogP contribution < -0.4 is 5.32 Å². The van der Waals surface area contributed by atoms with Gasteiger partial charge in [0.25, 0.3) is 0 Å². The molecule has 1 aromatic rings. The molecule has 88 valence electrons. The number of carboxylic acids is 1. The molecule has 0 aromatic heterocycles. The lowest BCUT2D eigenvalue weighted by Gasteiger charge is -2.19. The predicted octanol–water partition coefficient (Wildman–Crippen LogP) is 2.34. The number of carboxylic acid groups (broad SMARTS) is 1. The molecule has 0 heterocycles. The highest BCUT2D eigenvalue weighted by molar-refractivity contribution is 5.75. The average molecular weight is 225 g/mol. The Kier molecular flexibility index (Phi) is 4.43. The van der Waals surface area contributed by atoms with Crippen LogP contribution in [0.25, 0.3) is 0 Å². The van der Waals surface area contributed by atoms with E-state index in [4.69, 9.17) is 5.11 Å². The van der Waals surface area contributed by atoms with Crippen molar-refractivity contribution in [2.24, 2.45) is 0 Å². The van der Waals surface area contributed by atoms with Crippen molar-refractivity contribution in [3.63, 3.8) is 0 Å². The summed E-state index contributed by atoms with van der Waals surface area (Å²) in [6.07, 6.45) is 0.838. The van der Waals surface area contributed by atoms with E-state index in [1.807, 2.05) is 13.8 Å². The van der Waals surface area contributed by atoms with Gasteiger partial charge in [-0.1, -0.05) is 19.1 Å². The van der Waals surface area contributed by atoms with Crippen molar-refractivity contribution in [2.45, 2.75) is 32.4 Å². The van der Waals surface area contributed by atoms with Gasteiger partial charge in [0.1, 0.15) is 11.9 Å². The van der Waals surface area contributed by atoms with E-state index in [-0.39, 0.29) is 11.9 Å². The normalized spacial score (nSPS) is 14.4. The zero-order chi connectivity index (χ0) is 12.1. The van der Waals surface area contributed by atoms with Crippen LogP contribution in [0.2, 0.25) is 0 Å². The van der Waals surface area contributed by atoms with Crippen LogP contribution in [0.3, 0.4) is 0 Å². The molecule has 0 spiro atoms. The summed E-state index contributed by atoms with van der Waals surface area (Å²) >= 11 is 0.